The van der Waals surface area contributed by atoms with Crippen molar-refractivity contribution in [3.63, 3.8) is 0 Å². The molecule has 0 aromatic heterocycles. The number of nitrogens with one attached hydrogen (secondary N) is 1. The van der Waals surface area contributed by atoms with Gasteiger partial charge >= 0.3 is 6.18 Å². The maximum Gasteiger partial charge on any atom is 0.401 e. The molecular weight excluding hydrogens is 253 g/mol. The molecule has 0 aliphatic heterocycles. The van der Waals surface area contributed by atoms with Crippen molar-refractivity contribution in [2.45, 2.75) is 53.1 Å². The van der Waals surface area contributed by atoms with Gasteiger partial charge in [-0.05, 0) is 37.8 Å². The molecule has 0 heterocycles. The Balaban J connectivity index is 4.59. The van der Waals surface area contributed by atoms with Gasteiger partial charge in [-0.3, -0.25) is 4.90 Å². The molecule has 0 radical (unpaired) electrons. The Hall–Kier alpha value is -0.290. The van der Waals surface area contributed by atoms with Crippen LogP contribution in [0.1, 0.15) is 47.0 Å². The van der Waals surface area contributed by atoms with Crippen LogP contribution in [0.4, 0.5) is 13.2 Å². The topological polar surface area (TPSA) is 15.3 Å². The molecular formula is C14H29F3N2. The lowest BCUT2D eigenvalue weighted by molar-refractivity contribution is -0.148. The van der Waals surface area contributed by atoms with E-state index in [1.807, 2.05) is 0 Å². The molecule has 0 saturated carbocycles. The number of alkyl halides is 3. The molecule has 0 fully saturated rings. The molecule has 0 aliphatic rings. The van der Waals surface area contributed by atoms with Crippen molar-refractivity contribution >= 4 is 0 Å². The van der Waals surface area contributed by atoms with Crippen LogP contribution in [0.2, 0.25) is 0 Å². The van der Waals surface area contributed by atoms with Gasteiger partial charge in [0.05, 0.1) is 6.54 Å². The summed E-state index contributed by atoms with van der Waals surface area (Å²) < 4.78 is 37.6. The van der Waals surface area contributed by atoms with E-state index in [0.717, 1.165) is 32.4 Å². The molecule has 0 aromatic rings. The largest absolute Gasteiger partial charge is 0.401 e. The zero-order valence-corrected chi connectivity index (χ0v) is 12.7. The van der Waals surface area contributed by atoms with Crippen LogP contribution in [0.25, 0.3) is 0 Å². The first-order chi connectivity index (χ1) is 8.82. The normalized spacial score (nSPS) is 13.3. The third-order valence-corrected chi connectivity index (χ3v) is 3.84. The minimum absolute atomic E-state index is 0.0591. The van der Waals surface area contributed by atoms with Crippen molar-refractivity contribution in [3.05, 3.63) is 0 Å². The van der Waals surface area contributed by atoms with Gasteiger partial charge in [0.15, 0.2) is 0 Å². The van der Waals surface area contributed by atoms with Gasteiger partial charge in [-0.25, -0.2) is 0 Å². The van der Waals surface area contributed by atoms with Gasteiger partial charge in [-0.1, -0.05) is 27.7 Å². The van der Waals surface area contributed by atoms with E-state index in [-0.39, 0.29) is 5.41 Å². The van der Waals surface area contributed by atoms with Crippen LogP contribution in [0, 0.1) is 5.41 Å². The quantitative estimate of drug-likeness (QED) is 0.615. The number of hydrogen-bond acceptors (Lipinski definition) is 2. The minimum atomic E-state index is -4.11. The van der Waals surface area contributed by atoms with Gasteiger partial charge in [-0.2, -0.15) is 13.2 Å². The number of rotatable bonds is 10. The van der Waals surface area contributed by atoms with Crippen molar-refractivity contribution in [3.8, 4) is 0 Å². The summed E-state index contributed by atoms with van der Waals surface area (Å²) in [6.07, 6.45) is -1.27. The first-order valence-electron chi connectivity index (χ1n) is 7.32. The highest BCUT2D eigenvalue weighted by atomic mass is 19.4. The van der Waals surface area contributed by atoms with Crippen LogP contribution in [-0.4, -0.2) is 43.8 Å². The second-order valence-corrected chi connectivity index (χ2v) is 5.30. The zero-order chi connectivity index (χ0) is 14.9. The summed E-state index contributed by atoms with van der Waals surface area (Å²) in [6.45, 7) is 9.88. The first kappa shape index (κ1) is 18.7. The summed E-state index contributed by atoms with van der Waals surface area (Å²) in [7, 11) is 0. The fourth-order valence-corrected chi connectivity index (χ4v) is 2.32. The van der Waals surface area contributed by atoms with E-state index in [1.54, 1.807) is 6.92 Å². The third-order valence-electron chi connectivity index (χ3n) is 3.84. The van der Waals surface area contributed by atoms with Crippen LogP contribution in [0.15, 0.2) is 0 Å². The molecule has 0 spiro atoms. The van der Waals surface area contributed by atoms with E-state index in [0.29, 0.717) is 13.1 Å². The lowest BCUT2D eigenvalue weighted by Crippen LogP contribution is -2.46. The standard InChI is InChI=1S/C14H29F3N2/c1-5-9-18-10-13(6-2,7-3)11-19(8-4)12-14(15,16)17/h18H,5-12H2,1-4H3. The van der Waals surface area contributed by atoms with E-state index in [2.05, 4.69) is 26.1 Å². The van der Waals surface area contributed by atoms with Gasteiger partial charge < -0.3 is 5.32 Å². The fourth-order valence-electron chi connectivity index (χ4n) is 2.32. The second-order valence-electron chi connectivity index (χ2n) is 5.30. The van der Waals surface area contributed by atoms with Gasteiger partial charge in [-0.15, -0.1) is 0 Å². The predicted molar refractivity (Wildman–Crippen MR) is 74.3 cm³/mol. The molecule has 1 N–H and O–H groups in total. The van der Waals surface area contributed by atoms with Crippen LogP contribution >= 0.6 is 0 Å². The van der Waals surface area contributed by atoms with E-state index >= 15 is 0 Å². The summed E-state index contributed by atoms with van der Waals surface area (Å²) in [5.74, 6) is 0. The van der Waals surface area contributed by atoms with Crippen molar-refractivity contribution in [1.29, 1.82) is 0 Å². The van der Waals surface area contributed by atoms with Crippen LogP contribution < -0.4 is 5.32 Å². The Morgan fingerprint density at radius 3 is 1.89 bits per heavy atom. The lowest BCUT2D eigenvalue weighted by atomic mass is 9.81. The molecule has 0 aromatic carbocycles. The molecule has 0 rings (SSSR count). The molecule has 5 heteroatoms. The van der Waals surface area contributed by atoms with Crippen LogP contribution in [0.5, 0.6) is 0 Å². The summed E-state index contributed by atoms with van der Waals surface area (Å²) in [6, 6.07) is 0. The van der Waals surface area contributed by atoms with Gasteiger partial charge in [0.2, 0.25) is 0 Å². The lowest BCUT2D eigenvalue weighted by Gasteiger charge is -2.37. The summed E-state index contributed by atoms with van der Waals surface area (Å²) in [4.78, 5) is 1.51. The second kappa shape index (κ2) is 8.80. The van der Waals surface area contributed by atoms with Crippen molar-refractivity contribution in [2.24, 2.45) is 5.41 Å². The number of halogens is 3. The maximum absolute atomic E-state index is 12.5. The zero-order valence-electron chi connectivity index (χ0n) is 12.7. The Kier molecular flexibility index (Phi) is 8.66. The summed E-state index contributed by atoms with van der Waals surface area (Å²) >= 11 is 0. The van der Waals surface area contributed by atoms with Gasteiger partial charge in [0.25, 0.3) is 0 Å². The van der Waals surface area contributed by atoms with Gasteiger partial charge in [0, 0.05) is 13.1 Å². The number of nitrogens with zero attached hydrogens (tertiary/aromatic N) is 1. The third kappa shape index (κ3) is 7.78. The average molecular weight is 282 g/mol. The molecule has 0 saturated heterocycles. The molecule has 0 bridgehead atoms. The van der Waals surface area contributed by atoms with Crippen molar-refractivity contribution < 1.29 is 13.2 Å². The predicted octanol–water partition coefficient (Wildman–Crippen LogP) is 3.68. The maximum atomic E-state index is 12.5. The molecule has 0 aliphatic carbocycles. The van der Waals surface area contributed by atoms with Crippen molar-refractivity contribution in [1.82, 2.24) is 10.2 Å². The van der Waals surface area contributed by atoms with Crippen LogP contribution in [-0.2, 0) is 0 Å². The Bertz CT molecular complexity index is 225. The first-order valence-corrected chi connectivity index (χ1v) is 7.32. The monoisotopic (exact) mass is 282 g/mol. The average Bonchev–Trinajstić information content (AvgIpc) is 2.35. The van der Waals surface area contributed by atoms with E-state index < -0.39 is 12.7 Å². The van der Waals surface area contributed by atoms with E-state index in [4.69, 9.17) is 0 Å². The SMILES string of the molecule is CCCNCC(CC)(CC)CN(CC)CC(F)(F)F. The summed E-state index contributed by atoms with van der Waals surface area (Å²) in [5.41, 5.74) is -0.0591. The van der Waals surface area contributed by atoms with Crippen LogP contribution in [0.3, 0.4) is 0 Å². The van der Waals surface area contributed by atoms with E-state index in [9.17, 15) is 13.2 Å². The fraction of sp³-hybridized carbons (Fsp3) is 1.00. The highest BCUT2D eigenvalue weighted by Crippen LogP contribution is 2.28. The summed E-state index contributed by atoms with van der Waals surface area (Å²) in [5, 5.41) is 3.36. The Labute approximate surface area is 115 Å². The molecule has 2 nitrogen and oxygen atoms in total. The Morgan fingerprint density at radius 2 is 1.53 bits per heavy atom. The van der Waals surface area contributed by atoms with Gasteiger partial charge in [0.1, 0.15) is 0 Å². The highest BCUT2D eigenvalue weighted by Gasteiger charge is 2.34. The Morgan fingerprint density at radius 1 is 0.947 bits per heavy atom. The highest BCUT2D eigenvalue weighted by molar-refractivity contribution is 4.83. The molecule has 19 heavy (non-hydrogen) atoms. The molecule has 0 unspecified atom stereocenters. The molecule has 0 amide bonds. The van der Waals surface area contributed by atoms with Crippen molar-refractivity contribution in [2.75, 3.05) is 32.7 Å². The number of hydrogen-bond donors (Lipinski definition) is 1. The van der Waals surface area contributed by atoms with E-state index in [1.165, 1.54) is 4.90 Å². The smallest absolute Gasteiger partial charge is 0.316 e. The molecule has 0 atom stereocenters. The minimum Gasteiger partial charge on any atom is -0.316 e. The molecule has 116 valence electrons.